The fourth-order valence-corrected chi connectivity index (χ4v) is 2.90. The molecular formula is C23H27N3O6. The molecule has 0 aliphatic heterocycles. The number of aromatic nitrogens is 1. The van der Waals surface area contributed by atoms with Gasteiger partial charge in [-0.25, -0.2) is 14.4 Å². The van der Waals surface area contributed by atoms with Crippen molar-refractivity contribution in [2.75, 3.05) is 12.4 Å². The van der Waals surface area contributed by atoms with Crippen LogP contribution in [0.2, 0.25) is 0 Å². The highest BCUT2D eigenvalue weighted by molar-refractivity contribution is 5.98. The van der Waals surface area contributed by atoms with Crippen LogP contribution >= 0.6 is 0 Å². The van der Waals surface area contributed by atoms with Crippen molar-refractivity contribution in [3.8, 4) is 11.1 Å². The predicted molar refractivity (Wildman–Crippen MR) is 120 cm³/mol. The van der Waals surface area contributed by atoms with Gasteiger partial charge in [0, 0.05) is 11.9 Å². The van der Waals surface area contributed by atoms with Crippen molar-refractivity contribution < 1.29 is 29.0 Å². The summed E-state index contributed by atoms with van der Waals surface area (Å²) in [7, 11) is 1.21. The maximum absolute atomic E-state index is 12.2. The zero-order valence-corrected chi connectivity index (χ0v) is 18.5. The normalized spacial score (nSPS) is 11.8. The van der Waals surface area contributed by atoms with Gasteiger partial charge in [0.25, 0.3) is 0 Å². The fourth-order valence-electron chi connectivity index (χ4n) is 2.90. The Labute approximate surface area is 186 Å². The number of methoxy groups -OCH3 is 1. The number of alkyl carbamates (subject to hydrolysis) is 1. The molecule has 2 aromatic rings. The Kier molecular flexibility index (Phi) is 7.95. The van der Waals surface area contributed by atoms with Gasteiger partial charge >= 0.3 is 18.2 Å². The number of carbonyl (C=O) groups excluding carboxylic acids is 2. The molecule has 2 amide bonds. The van der Waals surface area contributed by atoms with E-state index in [0.29, 0.717) is 23.2 Å². The Bertz CT molecular complexity index is 1010. The molecule has 9 heteroatoms. The van der Waals surface area contributed by atoms with Crippen LogP contribution in [0.5, 0.6) is 0 Å². The third-order valence-corrected chi connectivity index (χ3v) is 4.22. The molecule has 0 aliphatic carbocycles. The molecule has 2 rings (SSSR count). The third kappa shape index (κ3) is 6.83. The smallest absolute Gasteiger partial charge is 0.411 e. The van der Waals surface area contributed by atoms with Gasteiger partial charge in [-0.2, -0.15) is 0 Å². The van der Waals surface area contributed by atoms with Gasteiger partial charge in [-0.3, -0.25) is 10.3 Å². The van der Waals surface area contributed by atoms with Crippen LogP contribution < -0.4 is 10.6 Å². The number of aromatic carboxylic acids is 1. The lowest BCUT2D eigenvalue weighted by Gasteiger charge is -2.23. The van der Waals surface area contributed by atoms with Crippen LogP contribution in [0.1, 0.15) is 49.3 Å². The van der Waals surface area contributed by atoms with E-state index in [-0.39, 0.29) is 11.3 Å². The number of nitrogens with zero attached hydrogens (tertiary/aromatic N) is 1. The average Bonchev–Trinajstić information content (AvgIpc) is 2.72. The van der Waals surface area contributed by atoms with E-state index in [4.69, 9.17) is 4.74 Å². The highest BCUT2D eigenvalue weighted by atomic mass is 16.6. The second-order valence-corrected chi connectivity index (χ2v) is 7.87. The van der Waals surface area contributed by atoms with E-state index in [9.17, 15) is 19.5 Å². The summed E-state index contributed by atoms with van der Waals surface area (Å²) < 4.78 is 9.86. The summed E-state index contributed by atoms with van der Waals surface area (Å²) in [6.07, 6.45) is 2.27. The highest BCUT2D eigenvalue weighted by Crippen LogP contribution is 2.29. The monoisotopic (exact) mass is 441 g/mol. The zero-order valence-electron chi connectivity index (χ0n) is 18.5. The minimum atomic E-state index is -1.17. The number of ether oxygens (including phenoxy) is 2. The minimum Gasteiger partial charge on any atom is -0.478 e. The van der Waals surface area contributed by atoms with Gasteiger partial charge in [-0.15, -0.1) is 6.58 Å². The Morgan fingerprint density at radius 2 is 1.91 bits per heavy atom. The molecule has 1 aromatic carbocycles. The van der Waals surface area contributed by atoms with Crippen molar-refractivity contribution in [3.05, 3.63) is 60.4 Å². The standard InChI is InChI=1S/C23H27N3O6/c1-6-7-18(26-22(30)32-23(2,3)4)19-12-14(10-11-24-19)16-9-8-15(25-21(29)31-5)13-17(16)20(27)28/h6,8-13,18H,1,7H2,2-5H3,(H,25,29)(H,26,30)(H,27,28). The fraction of sp³-hybridized carbons (Fsp3) is 0.304. The summed E-state index contributed by atoms with van der Waals surface area (Å²) in [6.45, 7) is 9.02. The lowest BCUT2D eigenvalue weighted by atomic mass is 9.97. The first-order valence-corrected chi connectivity index (χ1v) is 9.83. The number of amides is 2. The second kappa shape index (κ2) is 10.4. The van der Waals surface area contributed by atoms with Crippen LogP contribution in [0.4, 0.5) is 15.3 Å². The van der Waals surface area contributed by atoms with Crippen molar-refractivity contribution in [2.45, 2.75) is 38.8 Å². The summed E-state index contributed by atoms with van der Waals surface area (Å²) in [4.78, 5) is 39.9. The molecule has 0 saturated heterocycles. The second-order valence-electron chi connectivity index (χ2n) is 7.87. The van der Waals surface area contributed by atoms with Crippen LogP contribution in [-0.4, -0.2) is 41.0 Å². The number of nitrogens with one attached hydrogen (secondary N) is 2. The third-order valence-electron chi connectivity index (χ3n) is 4.22. The molecule has 0 fully saturated rings. The van der Waals surface area contributed by atoms with Crippen molar-refractivity contribution >= 4 is 23.8 Å². The van der Waals surface area contributed by atoms with Crippen molar-refractivity contribution in [1.29, 1.82) is 0 Å². The first-order valence-electron chi connectivity index (χ1n) is 9.83. The molecule has 0 radical (unpaired) electrons. The molecule has 0 spiro atoms. The Balaban J connectivity index is 2.40. The Morgan fingerprint density at radius 3 is 2.50 bits per heavy atom. The largest absolute Gasteiger partial charge is 0.478 e. The van der Waals surface area contributed by atoms with Crippen LogP contribution in [0.3, 0.4) is 0 Å². The summed E-state index contributed by atoms with van der Waals surface area (Å²) >= 11 is 0. The molecule has 0 bridgehead atoms. The van der Waals surface area contributed by atoms with E-state index in [1.54, 1.807) is 51.1 Å². The van der Waals surface area contributed by atoms with Crippen LogP contribution in [-0.2, 0) is 9.47 Å². The molecule has 1 atom stereocenters. The summed E-state index contributed by atoms with van der Waals surface area (Å²) in [5.41, 5.74) is 1.12. The molecule has 9 nitrogen and oxygen atoms in total. The van der Waals surface area contributed by atoms with Crippen LogP contribution in [0.15, 0.2) is 49.2 Å². The maximum atomic E-state index is 12.2. The van der Waals surface area contributed by atoms with E-state index in [1.165, 1.54) is 19.4 Å². The maximum Gasteiger partial charge on any atom is 0.411 e. The van der Waals surface area contributed by atoms with Gasteiger partial charge in [0.1, 0.15) is 5.60 Å². The molecule has 170 valence electrons. The predicted octanol–water partition coefficient (Wildman–Crippen LogP) is 4.77. The quantitative estimate of drug-likeness (QED) is 0.528. The Hall–Kier alpha value is -3.88. The van der Waals surface area contributed by atoms with Gasteiger partial charge in [0.05, 0.1) is 24.4 Å². The Morgan fingerprint density at radius 1 is 1.19 bits per heavy atom. The van der Waals surface area contributed by atoms with Crippen molar-refractivity contribution in [2.24, 2.45) is 0 Å². The molecule has 0 aliphatic rings. The number of anilines is 1. The number of carbonyl (C=O) groups is 3. The lowest BCUT2D eigenvalue weighted by Crippen LogP contribution is -2.35. The van der Waals surface area contributed by atoms with Crippen LogP contribution in [0, 0.1) is 0 Å². The SMILES string of the molecule is C=CCC(NC(=O)OC(C)(C)C)c1cc(-c2ccc(NC(=O)OC)cc2C(=O)O)ccn1. The summed E-state index contributed by atoms with van der Waals surface area (Å²) in [6, 6.07) is 7.33. The molecule has 1 unspecified atom stereocenters. The first-order chi connectivity index (χ1) is 15.0. The zero-order chi connectivity index (χ0) is 23.9. The lowest BCUT2D eigenvalue weighted by molar-refractivity contribution is 0.0502. The summed E-state index contributed by atoms with van der Waals surface area (Å²) in [5.74, 6) is -1.17. The van der Waals surface area contributed by atoms with Gasteiger partial charge < -0.3 is 19.9 Å². The molecular weight excluding hydrogens is 414 g/mol. The van der Waals surface area contributed by atoms with Crippen LogP contribution in [0.25, 0.3) is 11.1 Å². The molecule has 32 heavy (non-hydrogen) atoms. The van der Waals surface area contributed by atoms with E-state index in [2.05, 4.69) is 26.9 Å². The minimum absolute atomic E-state index is 0.0172. The number of carboxylic acids is 1. The van der Waals surface area contributed by atoms with Crippen molar-refractivity contribution in [1.82, 2.24) is 10.3 Å². The number of rotatable bonds is 7. The topological polar surface area (TPSA) is 127 Å². The van der Waals surface area contributed by atoms with E-state index < -0.39 is 29.8 Å². The molecule has 1 aromatic heterocycles. The van der Waals surface area contributed by atoms with Gasteiger partial charge in [-0.1, -0.05) is 12.1 Å². The number of hydrogen-bond donors (Lipinski definition) is 3. The van der Waals surface area contributed by atoms with E-state index in [1.807, 2.05) is 0 Å². The van der Waals surface area contributed by atoms with Crippen molar-refractivity contribution in [3.63, 3.8) is 0 Å². The first kappa shape index (κ1) is 24.4. The molecule has 3 N–H and O–H groups in total. The number of benzene rings is 1. The number of carboxylic acid groups (broad SMARTS) is 1. The number of pyridine rings is 1. The average molecular weight is 441 g/mol. The van der Waals surface area contributed by atoms with Gasteiger partial charge in [-0.05, 0) is 62.6 Å². The summed E-state index contributed by atoms with van der Waals surface area (Å²) in [5, 5.41) is 14.9. The molecule has 1 heterocycles. The molecule has 0 saturated carbocycles. The van der Waals surface area contributed by atoms with E-state index in [0.717, 1.165) is 0 Å². The number of hydrogen-bond acceptors (Lipinski definition) is 6. The van der Waals surface area contributed by atoms with Gasteiger partial charge in [0.2, 0.25) is 0 Å². The van der Waals surface area contributed by atoms with Gasteiger partial charge in [0.15, 0.2) is 0 Å². The van der Waals surface area contributed by atoms with E-state index >= 15 is 0 Å². The highest BCUT2D eigenvalue weighted by Gasteiger charge is 2.22.